The maximum atomic E-state index is 12.3. The van der Waals surface area contributed by atoms with E-state index in [1.165, 1.54) is 11.3 Å². The fraction of sp³-hybridized carbons (Fsp3) is 0.333. The van der Waals surface area contributed by atoms with Gasteiger partial charge in [0.2, 0.25) is 5.91 Å². The summed E-state index contributed by atoms with van der Waals surface area (Å²) in [4.78, 5) is 26.8. The van der Waals surface area contributed by atoms with E-state index < -0.39 is 0 Å². The van der Waals surface area contributed by atoms with E-state index in [4.69, 9.17) is 4.74 Å². The van der Waals surface area contributed by atoms with E-state index in [9.17, 15) is 9.59 Å². The number of carbonyl (C=O) groups is 2. The van der Waals surface area contributed by atoms with Crippen LogP contribution in [0.4, 0.5) is 0 Å². The van der Waals surface area contributed by atoms with E-state index in [0.29, 0.717) is 13.1 Å². The monoisotopic (exact) mass is 331 g/mol. The molecule has 23 heavy (non-hydrogen) atoms. The summed E-state index contributed by atoms with van der Waals surface area (Å²) in [7, 11) is 1.63. The third-order valence-electron chi connectivity index (χ3n) is 3.63. The Morgan fingerprint density at radius 2 is 1.87 bits per heavy atom. The normalized spacial score (nSPS) is 10.3. The molecule has 0 radical (unpaired) electrons. The molecule has 5 heteroatoms. The van der Waals surface area contributed by atoms with E-state index in [2.05, 4.69) is 0 Å². The molecule has 0 aliphatic heterocycles. The molecular formula is C18H21NO3S. The summed E-state index contributed by atoms with van der Waals surface area (Å²) in [6, 6.07) is 11.3. The van der Waals surface area contributed by atoms with Crippen molar-refractivity contribution in [1.29, 1.82) is 0 Å². The highest BCUT2D eigenvalue weighted by molar-refractivity contribution is 7.12. The van der Waals surface area contributed by atoms with Gasteiger partial charge < -0.3 is 9.64 Å². The Morgan fingerprint density at radius 1 is 1.13 bits per heavy atom. The number of nitrogens with zero attached hydrogens (tertiary/aromatic N) is 1. The largest absolute Gasteiger partial charge is 0.497 e. The van der Waals surface area contributed by atoms with E-state index in [-0.39, 0.29) is 24.5 Å². The molecule has 0 spiro atoms. The summed E-state index contributed by atoms with van der Waals surface area (Å²) >= 11 is 1.42. The fourth-order valence-electron chi connectivity index (χ4n) is 2.27. The molecule has 2 rings (SSSR count). The Labute approximate surface area is 140 Å². The average Bonchev–Trinajstić information content (AvgIpc) is 3.12. The highest BCUT2D eigenvalue weighted by Gasteiger charge is 2.15. The number of hydrogen-bond donors (Lipinski definition) is 0. The number of thiophene rings is 1. The summed E-state index contributed by atoms with van der Waals surface area (Å²) in [5.74, 6) is 0.840. The Kier molecular flexibility index (Phi) is 6.35. The van der Waals surface area contributed by atoms with Gasteiger partial charge in [-0.25, -0.2) is 0 Å². The van der Waals surface area contributed by atoms with Gasteiger partial charge in [0.25, 0.3) is 0 Å². The van der Waals surface area contributed by atoms with Crippen molar-refractivity contribution in [3.05, 3.63) is 52.2 Å². The van der Waals surface area contributed by atoms with E-state index >= 15 is 0 Å². The smallest absolute Gasteiger partial charge is 0.223 e. The van der Waals surface area contributed by atoms with E-state index in [0.717, 1.165) is 16.2 Å². The molecule has 0 saturated carbocycles. The molecule has 1 heterocycles. The number of amides is 1. The number of carbonyl (C=O) groups excluding carboxylic acids is 2. The first-order valence-corrected chi connectivity index (χ1v) is 8.49. The fourth-order valence-corrected chi connectivity index (χ4v) is 2.96. The van der Waals surface area contributed by atoms with E-state index in [1.54, 1.807) is 18.1 Å². The van der Waals surface area contributed by atoms with Crippen LogP contribution >= 0.6 is 11.3 Å². The minimum atomic E-state index is 0.00761. The molecule has 0 bridgehead atoms. The minimum Gasteiger partial charge on any atom is -0.497 e. The van der Waals surface area contributed by atoms with Gasteiger partial charge in [0, 0.05) is 25.9 Å². The van der Waals surface area contributed by atoms with Crippen molar-refractivity contribution in [2.24, 2.45) is 0 Å². The number of ketones is 1. The molecule has 4 nitrogen and oxygen atoms in total. The third kappa shape index (κ3) is 4.93. The maximum Gasteiger partial charge on any atom is 0.223 e. The van der Waals surface area contributed by atoms with Crippen molar-refractivity contribution in [2.45, 2.75) is 26.3 Å². The molecule has 2 aromatic rings. The van der Waals surface area contributed by atoms with E-state index in [1.807, 2.05) is 42.6 Å². The lowest BCUT2D eigenvalue weighted by molar-refractivity contribution is -0.131. The Hall–Kier alpha value is -2.14. The molecular weight excluding hydrogens is 310 g/mol. The Bertz CT molecular complexity index is 635. The highest BCUT2D eigenvalue weighted by atomic mass is 32.1. The lowest BCUT2D eigenvalue weighted by atomic mass is 10.1. The topological polar surface area (TPSA) is 46.6 Å². The van der Waals surface area contributed by atoms with Gasteiger partial charge in [-0.05, 0) is 36.1 Å². The number of Topliss-reactive ketones (excluding diaryl/α,β-unsaturated/α-hetero) is 1. The van der Waals surface area contributed by atoms with Gasteiger partial charge in [-0.15, -0.1) is 11.3 Å². The molecule has 0 aliphatic rings. The van der Waals surface area contributed by atoms with Gasteiger partial charge in [0.1, 0.15) is 5.75 Å². The number of rotatable bonds is 8. The van der Waals surface area contributed by atoms with Crippen molar-refractivity contribution >= 4 is 23.0 Å². The summed E-state index contributed by atoms with van der Waals surface area (Å²) in [6.45, 7) is 3.12. The van der Waals surface area contributed by atoms with Crippen LogP contribution in [0.3, 0.4) is 0 Å². The van der Waals surface area contributed by atoms with Gasteiger partial charge >= 0.3 is 0 Å². The van der Waals surface area contributed by atoms with Crippen LogP contribution in [0.15, 0.2) is 41.8 Å². The molecule has 0 atom stereocenters. The zero-order valence-corrected chi connectivity index (χ0v) is 14.3. The van der Waals surface area contributed by atoms with Crippen LogP contribution in [0.2, 0.25) is 0 Å². The summed E-state index contributed by atoms with van der Waals surface area (Å²) in [5.41, 5.74) is 1.05. The van der Waals surface area contributed by atoms with Crippen LogP contribution < -0.4 is 4.74 Å². The van der Waals surface area contributed by atoms with Gasteiger partial charge in [-0.1, -0.05) is 18.2 Å². The second-order valence-electron chi connectivity index (χ2n) is 5.16. The van der Waals surface area contributed by atoms with Gasteiger partial charge in [0.05, 0.1) is 12.0 Å². The predicted octanol–water partition coefficient (Wildman–Crippen LogP) is 3.77. The van der Waals surface area contributed by atoms with Crippen LogP contribution in [0.5, 0.6) is 5.75 Å². The van der Waals surface area contributed by atoms with Gasteiger partial charge in [-0.2, -0.15) is 0 Å². The number of hydrogen-bond acceptors (Lipinski definition) is 4. The summed E-state index contributed by atoms with van der Waals surface area (Å²) in [5, 5.41) is 1.87. The quantitative estimate of drug-likeness (QED) is 0.692. The SMILES string of the molecule is CCN(Cc1ccc(OC)cc1)C(=O)CCC(=O)c1cccs1. The molecule has 0 aliphatic carbocycles. The van der Waals surface area contributed by atoms with Gasteiger partial charge in [-0.3, -0.25) is 9.59 Å². The Morgan fingerprint density at radius 3 is 2.43 bits per heavy atom. The zero-order valence-electron chi connectivity index (χ0n) is 13.5. The lowest BCUT2D eigenvalue weighted by Gasteiger charge is -2.21. The second kappa shape index (κ2) is 8.48. The first-order valence-electron chi connectivity index (χ1n) is 7.61. The van der Waals surface area contributed by atoms with Crippen molar-refractivity contribution in [1.82, 2.24) is 4.90 Å². The highest BCUT2D eigenvalue weighted by Crippen LogP contribution is 2.15. The second-order valence-corrected chi connectivity index (χ2v) is 6.10. The lowest BCUT2D eigenvalue weighted by Crippen LogP contribution is -2.30. The average molecular weight is 331 g/mol. The standard InChI is InChI=1S/C18H21NO3S/c1-3-19(13-14-6-8-15(22-2)9-7-14)18(21)11-10-16(20)17-5-4-12-23-17/h4-9,12H,3,10-11,13H2,1-2H3. The molecule has 122 valence electrons. The van der Waals surface area contributed by atoms with Crippen LogP contribution in [-0.2, 0) is 11.3 Å². The maximum absolute atomic E-state index is 12.3. The number of ether oxygens (including phenoxy) is 1. The summed E-state index contributed by atoms with van der Waals surface area (Å²) < 4.78 is 5.13. The molecule has 1 aromatic carbocycles. The molecule has 0 unspecified atom stereocenters. The first-order chi connectivity index (χ1) is 11.1. The van der Waals surface area contributed by atoms with Crippen molar-refractivity contribution in [3.8, 4) is 5.75 Å². The van der Waals surface area contributed by atoms with Crippen molar-refractivity contribution < 1.29 is 14.3 Å². The predicted molar refractivity (Wildman–Crippen MR) is 92.0 cm³/mol. The molecule has 0 N–H and O–H groups in total. The van der Waals surface area contributed by atoms with Crippen LogP contribution in [0, 0.1) is 0 Å². The molecule has 1 aromatic heterocycles. The first kappa shape index (κ1) is 17.2. The molecule has 0 fully saturated rings. The zero-order chi connectivity index (χ0) is 16.7. The summed E-state index contributed by atoms with van der Waals surface area (Å²) in [6.07, 6.45) is 0.513. The minimum absolute atomic E-state index is 0.00761. The molecule has 0 saturated heterocycles. The van der Waals surface area contributed by atoms with Crippen LogP contribution in [0.25, 0.3) is 0 Å². The number of benzene rings is 1. The van der Waals surface area contributed by atoms with Crippen LogP contribution in [0.1, 0.15) is 35.0 Å². The van der Waals surface area contributed by atoms with Crippen molar-refractivity contribution in [3.63, 3.8) is 0 Å². The molecule has 1 amide bonds. The third-order valence-corrected chi connectivity index (χ3v) is 4.54. The number of methoxy groups -OCH3 is 1. The van der Waals surface area contributed by atoms with Gasteiger partial charge in [0.15, 0.2) is 5.78 Å². The van der Waals surface area contributed by atoms with Crippen molar-refractivity contribution in [2.75, 3.05) is 13.7 Å². The Balaban J connectivity index is 1.88. The van der Waals surface area contributed by atoms with Crippen LogP contribution in [-0.4, -0.2) is 30.2 Å².